The minimum Gasteiger partial charge on any atom is -0.493 e. The van der Waals surface area contributed by atoms with Gasteiger partial charge in [-0.3, -0.25) is 5.21 Å². The quantitative estimate of drug-likeness (QED) is 0.306. The molecule has 3 atom stereocenters. The molecule has 2 aromatic rings. The van der Waals surface area contributed by atoms with Crippen molar-refractivity contribution in [2.75, 3.05) is 35.5 Å². The van der Waals surface area contributed by atoms with Gasteiger partial charge in [-0.2, -0.15) is 0 Å². The molecule has 1 aromatic carbocycles. The van der Waals surface area contributed by atoms with E-state index < -0.39 is 6.03 Å². The molecule has 4 rings (SSSR count). The number of nitrogens with one attached hydrogen (secondary N) is 1. The first-order chi connectivity index (χ1) is 18.9. The second-order valence-corrected chi connectivity index (χ2v) is 9.26. The monoisotopic (exact) mass is 544 g/mol. The Balaban J connectivity index is 1.36. The molecule has 0 spiro atoms. The fourth-order valence-corrected chi connectivity index (χ4v) is 4.79. The smallest absolute Gasteiger partial charge is 0.341 e. The number of hydrogen-bond donors (Lipinski definition) is 2. The number of furan rings is 1. The largest absolute Gasteiger partial charge is 0.493 e. The number of carbonyl (C=O) groups is 1. The molecule has 0 bridgehead atoms. The molecule has 2 heterocycles. The first-order valence-electron chi connectivity index (χ1n) is 12.7. The van der Waals surface area contributed by atoms with Gasteiger partial charge >= 0.3 is 6.03 Å². The fraction of sp³-hybridized carbons (Fsp3) is 0.464. The van der Waals surface area contributed by atoms with Crippen molar-refractivity contribution >= 4 is 6.03 Å². The highest BCUT2D eigenvalue weighted by atomic mass is 16.5. The average Bonchev–Trinajstić information content (AvgIpc) is 3.64. The summed E-state index contributed by atoms with van der Waals surface area (Å²) in [6.07, 6.45) is 6.32. The van der Waals surface area contributed by atoms with E-state index in [0.717, 1.165) is 24.2 Å². The molecule has 2 amide bonds. The van der Waals surface area contributed by atoms with E-state index in [4.69, 9.17) is 38.0 Å². The van der Waals surface area contributed by atoms with Crippen LogP contribution in [0.5, 0.6) is 17.2 Å². The van der Waals surface area contributed by atoms with E-state index >= 15 is 0 Å². The van der Waals surface area contributed by atoms with E-state index in [1.807, 2.05) is 18.2 Å². The number of allylic oxidation sites excluding steroid dienone is 2. The maximum atomic E-state index is 11.5. The predicted molar refractivity (Wildman–Crippen MR) is 140 cm³/mol. The molecule has 212 valence electrons. The Morgan fingerprint density at radius 3 is 2.41 bits per heavy atom. The van der Waals surface area contributed by atoms with Crippen LogP contribution in [0.1, 0.15) is 42.5 Å². The number of rotatable bonds is 11. The van der Waals surface area contributed by atoms with Crippen molar-refractivity contribution in [2.24, 2.45) is 5.92 Å². The van der Waals surface area contributed by atoms with Gasteiger partial charge in [0.05, 0.1) is 47.2 Å². The van der Waals surface area contributed by atoms with Crippen molar-refractivity contribution < 1.29 is 42.8 Å². The van der Waals surface area contributed by atoms with Gasteiger partial charge < -0.3 is 38.2 Å². The summed E-state index contributed by atoms with van der Waals surface area (Å²) in [5.41, 5.74) is 0.979. The second-order valence-electron chi connectivity index (χ2n) is 9.26. The minimum atomic E-state index is -0.624. The number of carbonyl (C=O) groups excluding carboxylic acids is 1. The zero-order valence-electron chi connectivity index (χ0n) is 22.9. The van der Waals surface area contributed by atoms with Crippen molar-refractivity contribution in [3.63, 3.8) is 0 Å². The number of ether oxygens (including phenoxy) is 6. The lowest BCUT2D eigenvalue weighted by molar-refractivity contribution is -0.0186. The fourth-order valence-electron chi connectivity index (χ4n) is 4.79. The average molecular weight is 545 g/mol. The molecule has 2 aliphatic rings. The van der Waals surface area contributed by atoms with Crippen LogP contribution in [0.15, 0.2) is 52.4 Å². The maximum absolute atomic E-state index is 11.5. The maximum Gasteiger partial charge on any atom is 0.341 e. The second kappa shape index (κ2) is 12.8. The van der Waals surface area contributed by atoms with Gasteiger partial charge in [0.2, 0.25) is 5.75 Å². The Morgan fingerprint density at radius 1 is 1.05 bits per heavy atom. The molecular formula is C28H36N2O9. The van der Waals surface area contributed by atoms with Crippen LogP contribution >= 0.6 is 0 Å². The van der Waals surface area contributed by atoms with Gasteiger partial charge in [-0.05, 0) is 48.7 Å². The summed E-state index contributed by atoms with van der Waals surface area (Å²) < 4.78 is 40.4. The third-order valence-corrected chi connectivity index (χ3v) is 6.81. The van der Waals surface area contributed by atoms with Gasteiger partial charge in [-0.15, -0.1) is 0 Å². The first-order valence-corrected chi connectivity index (χ1v) is 12.7. The molecule has 11 nitrogen and oxygen atoms in total. The third kappa shape index (κ3) is 6.61. The van der Waals surface area contributed by atoms with Gasteiger partial charge in [0.15, 0.2) is 17.3 Å². The molecule has 39 heavy (non-hydrogen) atoms. The Bertz CT molecular complexity index is 1180. The number of methoxy groups -OCH3 is 4. The van der Waals surface area contributed by atoms with Gasteiger partial charge in [0, 0.05) is 19.4 Å². The number of hydroxylamine groups is 2. The van der Waals surface area contributed by atoms with E-state index in [-0.39, 0.29) is 31.3 Å². The molecule has 1 aromatic heterocycles. The summed E-state index contributed by atoms with van der Waals surface area (Å²) in [6.45, 7) is 0.350. The molecule has 2 N–H and O–H groups in total. The first kappa shape index (κ1) is 28.2. The van der Waals surface area contributed by atoms with Gasteiger partial charge in [-0.25, -0.2) is 9.86 Å². The SMILES string of the molecule is COC1=C(OCc2ccc(CNC(=O)N(C)O)o2)CC(C2CCC(c3cc(OC)c(OC)c(OC)c3)O2)C=C1. The van der Waals surface area contributed by atoms with Crippen LogP contribution in [-0.4, -0.2) is 57.9 Å². The molecule has 11 heteroatoms. The van der Waals surface area contributed by atoms with Crippen molar-refractivity contribution in [1.82, 2.24) is 10.4 Å². The Morgan fingerprint density at radius 2 is 1.77 bits per heavy atom. The minimum absolute atomic E-state index is 0.00540. The number of nitrogens with zero attached hydrogens (tertiary/aromatic N) is 1. The molecule has 1 saturated heterocycles. The summed E-state index contributed by atoms with van der Waals surface area (Å²) in [4.78, 5) is 11.5. The van der Waals surface area contributed by atoms with E-state index in [0.29, 0.717) is 46.0 Å². The summed E-state index contributed by atoms with van der Waals surface area (Å²) in [7, 11) is 7.65. The molecular weight excluding hydrogens is 508 g/mol. The van der Waals surface area contributed by atoms with E-state index in [1.54, 1.807) is 40.6 Å². The molecule has 1 aliphatic carbocycles. The highest BCUT2D eigenvalue weighted by Crippen LogP contribution is 2.45. The van der Waals surface area contributed by atoms with Gasteiger partial charge in [0.1, 0.15) is 23.9 Å². The Labute approximate surface area is 227 Å². The van der Waals surface area contributed by atoms with Crippen molar-refractivity contribution in [1.29, 1.82) is 0 Å². The van der Waals surface area contributed by atoms with Crippen LogP contribution in [0.2, 0.25) is 0 Å². The zero-order chi connectivity index (χ0) is 27.9. The van der Waals surface area contributed by atoms with Crippen LogP contribution in [0.3, 0.4) is 0 Å². The third-order valence-electron chi connectivity index (χ3n) is 6.81. The highest BCUT2D eigenvalue weighted by Gasteiger charge is 2.35. The zero-order valence-corrected chi connectivity index (χ0v) is 22.9. The predicted octanol–water partition coefficient (Wildman–Crippen LogP) is 4.71. The molecule has 3 unspecified atom stereocenters. The number of urea groups is 1. The van der Waals surface area contributed by atoms with Crippen LogP contribution in [0.4, 0.5) is 4.79 Å². The molecule has 0 saturated carbocycles. The van der Waals surface area contributed by atoms with Crippen LogP contribution in [-0.2, 0) is 27.4 Å². The molecule has 0 radical (unpaired) electrons. The van der Waals surface area contributed by atoms with E-state index in [2.05, 4.69) is 11.4 Å². The molecule has 1 fully saturated rings. The summed E-state index contributed by atoms with van der Waals surface area (Å²) in [5.74, 6) is 4.40. The Hall–Kier alpha value is -3.83. The van der Waals surface area contributed by atoms with E-state index in [1.165, 1.54) is 7.05 Å². The van der Waals surface area contributed by atoms with Gasteiger partial charge in [-0.1, -0.05) is 6.08 Å². The van der Waals surface area contributed by atoms with Crippen LogP contribution in [0.25, 0.3) is 0 Å². The lowest BCUT2D eigenvalue weighted by atomic mass is 9.91. The van der Waals surface area contributed by atoms with Crippen molar-refractivity contribution in [3.8, 4) is 17.2 Å². The topological polar surface area (TPSA) is 121 Å². The summed E-state index contributed by atoms with van der Waals surface area (Å²) in [5, 5.41) is 12.1. The van der Waals surface area contributed by atoms with Crippen molar-refractivity contribution in [2.45, 2.75) is 44.6 Å². The summed E-state index contributed by atoms with van der Waals surface area (Å²) in [6, 6.07) is 6.79. The van der Waals surface area contributed by atoms with Crippen LogP contribution < -0.4 is 19.5 Å². The van der Waals surface area contributed by atoms with Crippen LogP contribution in [0, 0.1) is 5.92 Å². The summed E-state index contributed by atoms with van der Waals surface area (Å²) >= 11 is 0. The number of amides is 2. The molecule has 1 aliphatic heterocycles. The highest BCUT2D eigenvalue weighted by molar-refractivity contribution is 5.72. The number of benzene rings is 1. The normalized spacial score (nSPS) is 20.5. The number of hydrogen-bond acceptors (Lipinski definition) is 9. The van der Waals surface area contributed by atoms with Gasteiger partial charge in [0.25, 0.3) is 0 Å². The van der Waals surface area contributed by atoms with Crippen molar-refractivity contribution in [3.05, 3.63) is 65.0 Å². The Kier molecular flexibility index (Phi) is 9.26. The lowest BCUT2D eigenvalue weighted by Gasteiger charge is -2.26. The lowest BCUT2D eigenvalue weighted by Crippen LogP contribution is -2.34. The standard InChI is InChI=1S/C28H36N2O9/c1-30(32)28(31)29-15-19-7-8-20(38-19)16-37-24-12-17(6-9-23(24)33-2)21-10-11-22(39-21)18-13-25(34-3)27(36-5)26(14-18)35-4/h6-9,13-14,17,21-22,32H,10-12,15-16H2,1-5H3,(H,29,31). The van der Waals surface area contributed by atoms with E-state index in [9.17, 15) is 4.79 Å².